The first kappa shape index (κ1) is 15.5. The third-order valence-electron chi connectivity index (χ3n) is 4.29. The zero-order valence-electron chi connectivity index (χ0n) is 12.9. The quantitative estimate of drug-likeness (QED) is 0.765. The van der Waals surface area contributed by atoms with Crippen LogP contribution in [0.5, 0.6) is 0 Å². The summed E-state index contributed by atoms with van der Waals surface area (Å²) in [4.78, 5) is 20.0. The molecule has 1 unspecified atom stereocenters. The molecule has 2 aromatic rings. The van der Waals surface area contributed by atoms with E-state index in [1.807, 2.05) is 16.8 Å². The molecule has 0 spiro atoms. The molecule has 1 aliphatic heterocycles. The van der Waals surface area contributed by atoms with Crippen molar-refractivity contribution < 1.29 is 9.90 Å². The van der Waals surface area contributed by atoms with Crippen molar-refractivity contribution in [2.45, 2.75) is 31.2 Å². The highest BCUT2D eigenvalue weighted by atomic mass is 16.4. The van der Waals surface area contributed by atoms with Gasteiger partial charge in [0.1, 0.15) is 11.7 Å². The Morgan fingerprint density at radius 2 is 2.17 bits per heavy atom. The van der Waals surface area contributed by atoms with Gasteiger partial charge < -0.3 is 20.7 Å². The number of anilines is 1. The smallest absolute Gasteiger partial charge is 0.312 e. The van der Waals surface area contributed by atoms with Crippen molar-refractivity contribution >= 4 is 11.8 Å². The van der Waals surface area contributed by atoms with Gasteiger partial charge >= 0.3 is 5.97 Å². The molecule has 0 saturated carbocycles. The number of carbonyl (C=O) groups is 1. The van der Waals surface area contributed by atoms with Crippen molar-refractivity contribution in [3.8, 4) is 0 Å². The summed E-state index contributed by atoms with van der Waals surface area (Å²) in [6.07, 6.45) is 7.67. The first-order chi connectivity index (χ1) is 11.1. The minimum absolute atomic E-state index is 0.353. The Morgan fingerprint density at radius 1 is 1.39 bits per heavy atom. The number of piperidine rings is 1. The maximum Gasteiger partial charge on any atom is 0.312 e. The Bertz CT molecular complexity index is 661. The van der Waals surface area contributed by atoms with Crippen LogP contribution in [-0.2, 0) is 11.2 Å². The minimum Gasteiger partial charge on any atom is -0.481 e. The lowest BCUT2D eigenvalue weighted by atomic mass is 9.97. The third-order valence-corrected chi connectivity index (χ3v) is 4.29. The van der Waals surface area contributed by atoms with Crippen molar-refractivity contribution in [3.63, 3.8) is 0 Å². The van der Waals surface area contributed by atoms with Crippen molar-refractivity contribution in [3.05, 3.63) is 42.1 Å². The van der Waals surface area contributed by atoms with E-state index < -0.39 is 11.9 Å². The van der Waals surface area contributed by atoms with Crippen LogP contribution >= 0.6 is 0 Å². The number of aromatic nitrogens is 3. The Hall–Kier alpha value is -2.41. The van der Waals surface area contributed by atoms with Gasteiger partial charge in [0.05, 0.1) is 12.0 Å². The fraction of sp³-hybridized carbons (Fsp3) is 0.438. The molecular formula is C16H21N5O2. The van der Waals surface area contributed by atoms with Gasteiger partial charge in [-0.25, -0.2) is 9.97 Å². The van der Waals surface area contributed by atoms with E-state index in [0.717, 1.165) is 31.5 Å². The van der Waals surface area contributed by atoms with Gasteiger partial charge in [-0.1, -0.05) is 6.07 Å². The lowest BCUT2D eigenvalue weighted by molar-refractivity contribution is -0.138. The van der Waals surface area contributed by atoms with E-state index >= 15 is 0 Å². The SMILES string of the molecule is Nc1ccc(CC(C(=O)O)c2cn(C3CCNCC3)cn2)cn1. The molecule has 2 aromatic heterocycles. The average molecular weight is 315 g/mol. The van der Waals surface area contributed by atoms with E-state index in [1.165, 1.54) is 0 Å². The number of carboxylic acid groups (broad SMARTS) is 1. The molecule has 0 aliphatic carbocycles. The molecule has 1 fully saturated rings. The van der Waals surface area contributed by atoms with Crippen LogP contribution in [0.2, 0.25) is 0 Å². The molecule has 0 radical (unpaired) electrons. The number of nitrogens with two attached hydrogens (primary N) is 1. The highest BCUT2D eigenvalue weighted by Gasteiger charge is 2.24. The third kappa shape index (κ3) is 3.68. The van der Waals surface area contributed by atoms with Gasteiger partial charge in [0.2, 0.25) is 0 Å². The summed E-state index contributed by atoms with van der Waals surface area (Å²) in [5.74, 6) is -1.13. The number of nitrogens with zero attached hydrogens (tertiary/aromatic N) is 3. The Labute approximate surface area is 134 Å². The zero-order valence-corrected chi connectivity index (χ0v) is 12.9. The van der Waals surface area contributed by atoms with Gasteiger partial charge in [-0.2, -0.15) is 0 Å². The number of hydrogen-bond donors (Lipinski definition) is 3. The van der Waals surface area contributed by atoms with Crippen LogP contribution in [0.4, 0.5) is 5.82 Å². The van der Waals surface area contributed by atoms with Crippen molar-refractivity contribution in [2.75, 3.05) is 18.8 Å². The number of rotatable bonds is 5. The molecular weight excluding hydrogens is 294 g/mol. The number of carboxylic acids is 1. The van der Waals surface area contributed by atoms with Crippen molar-refractivity contribution in [1.82, 2.24) is 19.9 Å². The summed E-state index contributed by atoms with van der Waals surface area (Å²) in [5, 5.41) is 12.9. The van der Waals surface area contributed by atoms with E-state index in [1.54, 1.807) is 18.6 Å². The van der Waals surface area contributed by atoms with Crippen molar-refractivity contribution in [2.24, 2.45) is 0 Å². The molecule has 7 heteroatoms. The van der Waals surface area contributed by atoms with Crippen LogP contribution in [0.3, 0.4) is 0 Å². The Balaban J connectivity index is 1.77. The van der Waals surface area contributed by atoms with E-state index in [0.29, 0.717) is 24.0 Å². The first-order valence-electron chi connectivity index (χ1n) is 7.81. The summed E-state index contributed by atoms with van der Waals surface area (Å²) in [5.41, 5.74) is 6.99. The molecule has 1 atom stereocenters. The average Bonchev–Trinajstić information content (AvgIpc) is 3.04. The second-order valence-electron chi connectivity index (χ2n) is 5.91. The Morgan fingerprint density at radius 3 is 2.83 bits per heavy atom. The summed E-state index contributed by atoms with van der Waals surface area (Å²) in [6, 6.07) is 3.88. The highest BCUT2D eigenvalue weighted by Crippen LogP contribution is 2.24. The first-order valence-corrected chi connectivity index (χ1v) is 7.81. The van der Waals surface area contributed by atoms with Gasteiger partial charge in [-0.05, 0) is 44.0 Å². The van der Waals surface area contributed by atoms with Crippen LogP contribution in [0.25, 0.3) is 0 Å². The highest BCUT2D eigenvalue weighted by molar-refractivity contribution is 5.75. The second kappa shape index (κ2) is 6.78. The molecule has 3 rings (SSSR count). The van der Waals surface area contributed by atoms with Crippen LogP contribution in [-0.4, -0.2) is 38.7 Å². The van der Waals surface area contributed by atoms with Gasteiger partial charge in [0, 0.05) is 18.4 Å². The van der Waals surface area contributed by atoms with Crippen LogP contribution in [0, 0.1) is 0 Å². The zero-order chi connectivity index (χ0) is 16.2. The van der Waals surface area contributed by atoms with Gasteiger partial charge in [0.15, 0.2) is 0 Å². The van der Waals surface area contributed by atoms with Crippen LogP contribution < -0.4 is 11.1 Å². The summed E-state index contributed by atoms with van der Waals surface area (Å²) < 4.78 is 2.05. The maximum atomic E-state index is 11.7. The number of imidazole rings is 1. The normalized spacial score (nSPS) is 17.0. The number of nitrogens with one attached hydrogen (secondary N) is 1. The molecule has 23 heavy (non-hydrogen) atoms. The predicted octanol–water partition coefficient (Wildman–Crippen LogP) is 1.20. The molecule has 0 bridgehead atoms. The van der Waals surface area contributed by atoms with Gasteiger partial charge in [-0.3, -0.25) is 4.79 Å². The number of aliphatic carboxylic acids is 1. The molecule has 122 valence electrons. The monoisotopic (exact) mass is 315 g/mol. The number of pyridine rings is 1. The topological polar surface area (TPSA) is 106 Å². The largest absolute Gasteiger partial charge is 0.481 e. The molecule has 0 aromatic carbocycles. The lowest BCUT2D eigenvalue weighted by Gasteiger charge is -2.23. The second-order valence-corrected chi connectivity index (χ2v) is 5.91. The standard InChI is InChI=1S/C16H21N5O2/c17-15-2-1-11(8-19-15)7-13(16(22)23)14-9-21(10-20-14)12-3-5-18-6-4-12/h1-2,8-10,12-13,18H,3-7H2,(H2,17,19)(H,22,23). The molecule has 1 aliphatic rings. The molecule has 0 amide bonds. The summed E-state index contributed by atoms with van der Waals surface area (Å²) in [7, 11) is 0. The fourth-order valence-electron chi connectivity index (χ4n) is 2.95. The number of nitrogen functional groups attached to an aromatic ring is 1. The maximum absolute atomic E-state index is 11.7. The predicted molar refractivity (Wildman–Crippen MR) is 86.1 cm³/mol. The van der Waals surface area contributed by atoms with Crippen LogP contribution in [0.15, 0.2) is 30.9 Å². The van der Waals surface area contributed by atoms with E-state index in [2.05, 4.69) is 15.3 Å². The minimum atomic E-state index is -0.877. The Kier molecular flexibility index (Phi) is 4.57. The molecule has 4 N–H and O–H groups in total. The molecule has 3 heterocycles. The number of hydrogen-bond acceptors (Lipinski definition) is 5. The van der Waals surface area contributed by atoms with E-state index in [9.17, 15) is 9.90 Å². The molecule has 7 nitrogen and oxygen atoms in total. The summed E-state index contributed by atoms with van der Waals surface area (Å²) in [6.45, 7) is 1.97. The van der Waals surface area contributed by atoms with Crippen LogP contribution in [0.1, 0.15) is 36.1 Å². The van der Waals surface area contributed by atoms with Gasteiger partial charge in [-0.15, -0.1) is 0 Å². The van der Waals surface area contributed by atoms with Gasteiger partial charge in [0.25, 0.3) is 0 Å². The van der Waals surface area contributed by atoms with E-state index in [4.69, 9.17) is 5.73 Å². The molecule has 1 saturated heterocycles. The fourth-order valence-corrected chi connectivity index (χ4v) is 2.95. The van der Waals surface area contributed by atoms with Crippen molar-refractivity contribution in [1.29, 1.82) is 0 Å². The van der Waals surface area contributed by atoms with E-state index in [-0.39, 0.29) is 0 Å². The summed E-state index contributed by atoms with van der Waals surface area (Å²) >= 11 is 0. The lowest BCUT2D eigenvalue weighted by Crippen LogP contribution is -2.29.